The van der Waals surface area contributed by atoms with Crippen molar-refractivity contribution in [1.82, 2.24) is 5.32 Å². The molecule has 112 valence electrons. The third-order valence-corrected chi connectivity index (χ3v) is 3.71. The van der Waals surface area contributed by atoms with E-state index in [1.807, 2.05) is 24.3 Å². The first-order valence-electron chi connectivity index (χ1n) is 7.15. The zero-order chi connectivity index (χ0) is 15.2. The van der Waals surface area contributed by atoms with Gasteiger partial charge in [0.15, 0.2) is 0 Å². The van der Waals surface area contributed by atoms with Gasteiger partial charge in [-0.1, -0.05) is 30.3 Å². The highest BCUT2D eigenvalue weighted by Crippen LogP contribution is 2.23. The summed E-state index contributed by atoms with van der Waals surface area (Å²) >= 11 is 0. The molecule has 0 saturated heterocycles. The molecule has 0 radical (unpaired) electrons. The van der Waals surface area contributed by atoms with Gasteiger partial charge in [0.2, 0.25) is 0 Å². The standard InChI is InChI=1S/C18H23NO2/c1-13-11-15(9-10-17(13)20-3)14(2)19-12-16-7-5-6-8-18(16)21-4/h5-11,14,19H,12H2,1-4H3/t14-/m1/s1. The van der Waals surface area contributed by atoms with Gasteiger partial charge in [0.25, 0.3) is 0 Å². The van der Waals surface area contributed by atoms with Crippen molar-refractivity contribution in [3.05, 3.63) is 59.2 Å². The molecule has 0 unspecified atom stereocenters. The molecular weight excluding hydrogens is 262 g/mol. The summed E-state index contributed by atoms with van der Waals surface area (Å²) in [4.78, 5) is 0. The Labute approximate surface area is 126 Å². The first-order chi connectivity index (χ1) is 10.2. The van der Waals surface area contributed by atoms with Crippen molar-refractivity contribution >= 4 is 0 Å². The van der Waals surface area contributed by atoms with Gasteiger partial charge in [-0.15, -0.1) is 0 Å². The number of methoxy groups -OCH3 is 2. The van der Waals surface area contributed by atoms with Gasteiger partial charge in [-0.25, -0.2) is 0 Å². The lowest BCUT2D eigenvalue weighted by atomic mass is 10.0. The average Bonchev–Trinajstić information content (AvgIpc) is 2.52. The minimum Gasteiger partial charge on any atom is -0.496 e. The molecule has 2 aromatic rings. The third kappa shape index (κ3) is 3.76. The zero-order valence-electron chi connectivity index (χ0n) is 13.1. The van der Waals surface area contributed by atoms with Gasteiger partial charge in [0, 0.05) is 18.2 Å². The fourth-order valence-corrected chi connectivity index (χ4v) is 2.40. The van der Waals surface area contributed by atoms with Gasteiger partial charge < -0.3 is 14.8 Å². The van der Waals surface area contributed by atoms with Crippen LogP contribution in [0.5, 0.6) is 11.5 Å². The molecule has 0 amide bonds. The first kappa shape index (κ1) is 15.4. The molecule has 0 aliphatic carbocycles. The number of benzene rings is 2. The lowest BCUT2D eigenvalue weighted by Gasteiger charge is -2.17. The SMILES string of the molecule is COc1ccc([C@@H](C)NCc2ccccc2OC)cc1C. The highest BCUT2D eigenvalue weighted by Gasteiger charge is 2.09. The van der Waals surface area contributed by atoms with Crippen LogP contribution in [0.15, 0.2) is 42.5 Å². The minimum atomic E-state index is 0.263. The summed E-state index contributed by atoms with van der Waals surface area (Å²) < 4.78 is 10.7. The van der Waals surface area contributed by atoms with Gasteiger partial charge in [0.05, 0.1) is 14.2 Å². The maximum atomic E-state index is 5.38. The number of nitrogens with one attached hydrogen (secondary N) is 1. The molecule has 3 heteroatoms. The van der Waals surface area contributed by atoms with Crippen LogP contribution in [0.4, 0.5) is 0 Å². The predicted octanol–water partition coefficient (Wildman–Crippen LogP) is 3.86. The lowest BCUT2D eigenvalue weighted by Crippen LogP contribution is -2.18. The van der Waals surface area contributed by atoms with Crippen LogP contribution in [0, 0.1) is 6.92 Å². The molecule has 0 bridgehead atoms. The molecule has 2 rings (SSSR count). The fourth-order valence-electron chi connectivity index (χ4n) is 2.40. The number of rotatable bonds is 6. The van der Waals surface area contributed by atoms with E-state index in [0.29, 0.717) is 0 Å². The van der Waals surface area contributed by atoms with Gasteiger partial charge >= 0.3 is 0 Å². The summed E-state index contributed by atoms with van der Waals surface area (Å²) in [6, 6.07) is 14.6. The van der Waals surface area contributed by atoms with Crippen LogP contribution in [-0.4, -0.2) is 14.2 Å². The molecule has 21 heavy (non-hydrogen) atoms. The summed E-state index contributed by atoms with van der Waals surface area (Å²) in [5, 5.41) is 3.53. The molecule has 3 nitrogen and oxygen atoms in total. The average molecular weight is 285 g/mol. The van der Waals surface area contributed by atoms with E-state index in [1.165, 1.54) is 5.56 Å². The Morgan fingerprint density at radius 1 is 1.00 bits per heavy atom. The Hall–Kier alpha value is -2.00. The Morgan fingerprint density at radius 2 is 1.71 bits per heavy atom. The topological polar surface area (TPSA) is 30.5 Å². The van der Waals surface area contributed by atoms with E-state index < -0.39 is 0 Å². The number of hydrogen-bond donors (Lipinski definition) is 1. The molecule has 0 aromatic heterocycles. The minimum absolute atomic E-state index is 0.263. The Balaban J connectivity index is 2.04. The van der Waals surface area contributed by atoms with Crippen molar-refractivity contribution in [3.8, 4) is 11.5 Å². The van der Waals surface area contributed by atoms with E-state index in [1.54, 1.807) is 14.2 Å². The molecule has 0 saturated carbocycles. The summed E-state index contributed by atoms with van der Waals surface area (Å²) in [6.07, 6.45) is 0. The number of ether oxygens (including phenoxy) is 2. The van der Waals surface area contributed by atoms with Crippen LogP contribution in [0.25, 0.3) is 0 Å². The molecule has 2 aromatic carbocycles. The second-order valence-corrected chi connectivity index (χ2v) is 5.14. The van der Waals surface area contributed by atoms with E-state index in [2.05, 4.69) is 37.4 Å². The normalized spacial score (nSPS) is 12.0. The molecular formula is C18H23NO2. The zero-order valence-corrected chi connectivity index (χ0v) is 13.1. The quantitative estimate of drug-likeness (QED) is 0.874. The molecule has 1 N–H and O–H groups in total. The van der Waals surface area contributed by atoms with Gasteiger partial charge in [-0.2, -0.15) is 0 Å². The van der Waals surface area contributed by atoms with Gasteiger partial charge in [-0.05, 0) is 37.1 Å². The molecule has 0 heterocycles. The highest BCUT2D eigenvalue weighted by atomic mass is 16.5. The molecule has 0 spiro atoms. The smallest absolute Gasteiger partial charge is 0.123 e. The van der Waals surface area contributed by atoms with E-state index in [0.717, 1.165) is 29.2 Å². The Morgan fingerprint density at radius 3 is 2.38 bits per heavy atom. The van der Waals surface area contributed by atoms with Crippen LogP contribution in [0.2, 0.25) is 0 Å². The van der Waals surface area contributed by atoms with Crippen LogP contribution in [0.3, 0.4) is 0 Å². The molecule has 0 fully saturated rings. The monoisotopic (exact) mass is 285 g/mol. The maximum Gasteiger partial charge on any atom is 0.123 e. The number of aryl methyl sites for hydroxylation is 1. The van der Waals surface area contributed by atoms with E-state index >= 15 is 0 Å². The highest BCUT2D eigenvalue weighted by molar-refractivity contribution is 5.37. The van der Waals surface area contributed by atoms with Crippen molar-refractivity contribution in [3.63, 3.8) is 0 Å². The van der Waals surface area contributed by atoms with E-state index in [-0.39, 0.29) is 6.04 Å². The van der Waals surface area contributed by atoms with E-state index in [4.69, 9.17) is 9.47 Å². The van der Waals surface area contributed by atoms with Crippen LogP contribution < -0.4 is 14.8 Å². The lowest BCUT2D eigenvalue weighted by molar-refractivity contribution is 0.405. The summed E-state index contributed by atoms with van der Waals surface area (Å²) in [6.45, 7) is 5.00. The van der Waals surface area contributed by atoms with Crippen molar-refractivity contribution in [2.45, 2.75) is 26.4 Å². The van der Waals surface area contributed by atoms with Crippen molar-refractivity contribution in [1.29, 1.82) is 0 Å². The van der Waals surface area contributed by atoms with Gasteiger partial charge in [0.1, 0.15) is 11.5 Å². The fraction of sp³-hybridized carbons (Fsp3) is 0.333. The predicted molar refractivity (Wildman–Crippen MR) is 86.0 cm³/mol. The van der Waals surface area contributed by atoms with Crippen LogP contribution in [0.1, 0.15) is 29.7 Å². The Kier molecular flexibility index (Phi) is 5.23. The van der Waals surface area contributed by atoms with Gasteiger partial charge in [-0.3, -0.25) is 0 Å². The second-order valence-electron chi connectivity index (χ2n) is 5.14. The van der Waals surface area contributed by atoms with E-state index in [9.17, 15) is 0 Å². The van der Waals surface area contributed by atoms with Crippen molar-refractivity contribution in [2.75, 3.05) is 14.2 Å². The Bertz CT molecular complexity index is 596. The van der Waals surface area contributed by atoms with Crippen LogP contribution >= 0.6 is 0 Å². The summed E-state index contributed by atoms with van der Waals surface area (Å²) in [5.41, 5.74) is 3.57. The largest absolute Gasteiger partial charge is 0.496 e. The molecule has 1 atom stereocenters. The maximum absolute atomic E-state index is 5.38. The number of hydrogen-bond acceptors (Lipinski definition) is 3. The number of para-hydroxylation sites is 1. The molecule has 0 aliphatic rings. The summed E-state index contributed by atoms with van der Waals surface area (Å²) in [5.74, 6) is 1.85. The van der Waals surface area contributed by atoms with Crippen molar-refractivity contribution < 1.29 is 9.47 Å². The second kappa shape index (κ2) is 7.14. The third-order valence-electron chi connectivity index (χ3n) is 3.71. The molecule has 0 aliphatic heterocycles. The summed E-state index contributed by atoms with van der Waals surface area (Å²) in [7, 11) is 3.40. The van der Waals surface area contributed by atoms with Crippen LogP contribution in [-0.2, 0) is 6.54 Å². The van der Waals surface area contributed by atoms with Crippen molar-refractivity contribution in [2.24, 2.45) is 0 Å². The first-order valence-corrected chi connectivity index (χ1v) is 7.15.